The first-order valence-corrected chi connectivity index (χ1v) is 4.39. The Balaban J connectivity index is 3.30. The Hall–Kier alpha value is -0.970. The Bertz CT molecular complexity index is 191. The molecule has 5 heteroatoms. The predicted molar refractivity (Wildman–Crippen MR) is 50.6 cm³/mol. The fraction of sp³-hybridized carbons (Fsp3) is 0.500. The van der Waals surface area contributed by atoms with E-state index in [0.29, 0.717) is 5.75 Å². The van der Waals surface area contributed by atoms with Crippen molar-refractivity contribution in [2.24, 2.45) is 0 Å². The SMILES string of the molecule is C=CC(=O)OCCOC(=O)CCS. The second-order valence-corrected chi connectivity index (χ2v) is 2.51. The van der Waals surface area contributed by atoms with Crippen molar-refractivity contribution in [1.29, 1.82) is 0 Å². The lowest BCUT2D eigenvalue weighted by Crippen LogP contribution is -2.12. The van der Waals surface area contributed by atoms with Gasteiger partial charge < -0.3 is 9.47 Å². The molecule has 0 unspecified atom stereocenters. The molecule has 0 aliphatic heterocycles. The molecule has 0 rings (SSSR count). The summed E-state index contributed by atoms with van der Waals surface area (Å²) in [6.45, 7) is 3.35. The maximum absolute atomic E-state index is 10.7. The van der Waals surface area contributed by atoms with Crippen LogP contribution in [0.5, 0.6) is 0 Å². The van der Waals surface area contributed by atoms with Crippen molar-refractivity contribution < 1.29 is 19.1 Å². The van der Waals surface area contributed by atoms with Crippen LogP contribution in [0.1, 0.15) is 6.42 Å². The second-order valence-electron chi connectivity index (χ2n) is 2.07. The highest BCUT2D eigenvalue weighted by atomic mass is 32.1. The number of hydrogen-bond acceptors (Lipinski definition) is 5. The van der Waals surface area contributed by atoms with Crippen LogP contribution < -0.4 is 0 Å². The number of carbonyl (C=O) groups is 2. The second kappa shape index (κ2) is 7.67. The van der Waals surface area contributed by atoms with E-state index in [1.807, 2.05) is 0 Å². The van der Waals surface area contributed by atoms with Gasteiger partial charge >= 0.3 is 11.9 Å². The minimum atomic E-state index is -0.523. The van der Waals surface area contributed by atoms with E-state index in [1.165, 1.54) is 0 Å². The highest BCUT2D eigenvalue weighted by molar-refractivity contribution is 7.80. The zero-order valence-corrected chi connectivity index (χ0v) is 8.09. The summed E-state index contributed by atoms with van der Waals surface area (Å²) in [5, 5.41) is 0. The Kier molecular flexibility index (Phi) is 7.10. The van der Waals surface area contributed by atoms with Gasteiger partial charge in [0.25, 0.3) is 0 Å². The lowest BCUT2D eigenvalue weighted by molar-refractivity contribution is -0.149. The van der Waals surface area contributed by atoms with Gasteiger partial charge in [-0.3, -0.25) is 4.79 Å². The van der Waals surface area contributed by atoms with Crippen LogP contribution in [0.2, 0.25) is 0 Å². The Morgan fingerprint density at radius 1 is 1.31 bits per heavy atom. The van der Waals surface area contributed by atoms with Gasteiger partial charge in [-0.05, 0) is 0 Å². The van der Waals surface area contributed by atoms with Gasteiger partial charge in [-0.2, -0.15) is 12.6 Å². The van der Waals surface area contributed by atoms with Gasteiger partial charge in [-0.15, -0.1) is 0 Å². The Labute approximate surface area is 82.3 Å². The van der Waals surface area contributed by atoms with Gasteiger partial charge in [0.15, 0.2) is 0 Å². The van der Waals surface area contributed by atoms with Crippen molar-refractivity contribution in [3.8, 4) is 0 Å². The van der Waals surface area contributed by atoms with Crippen molar-refractivity contribution in [2.45, 2.75) is 6.42 Å². The third kappa shape index (κ3) is 7.39. The first-order chi connectivity index (χ1) is 6.20. The normalized spacial score (nSPS) is 9.00. The first kappa shape index (κ1) is 12.0. The molecule has 0 heterocycles. The van der Waals surface area contributed by atoms with Gasteiger partial charge in [0.05, 0.1) is 6.42 Å². The van der Waals surface area contributed by atoms with E-state index >= 15 is 0 Å². The van der Waals surface area contributed by atoms with Crippen LogP contribution in [0.25, 0.3) is 0 Å². The molecule has 0 amide bonds. The minimum Gasteiger partial charge on any atom is -0.462 e. The van der Waals surface area contributed by atoms with Crippen LogP contribution in [0.3, 0.4) is 0 Å². The molecule has 0 aromatic rings. The van der Waals surface area contributed by atoms with Gasteiger partial charge in [-0.1, -0.05) is 6.58 Å². The molecule has 0 aliphatic carbocycles. The number of hydrogen-bond donors (Lipinski definition) is 1. The molecule has 0 aliphatic rings. The molecule has 0 saturated heterocycles. The maximum atomic E-state index is 10.7. The third-order valence-electron chi connectivity index (χ3n) is 1.07. The van der Waals surface area contributed by atoms with E-state index in [1.54, 1.807) is 0 Å². The van der Waals surface area contributed by atoms with Crippen molar-refractivity contribution in [3.63, 3.8) is 0 Å². The monoisotopic (exact) mass is 204 g/mol. The average Bonchev–Trinajstić information content (AvgIpc) is 2.12. The number of esters is 2. The van der Waals surface area contributed by atoms with E-state index in [4.69, 9.17) is 0 Å². The lowest BCUT2D eigenvalue weighted by atomic mass is 10.5. The minimum absolute atomic E-state index is 0.0587. The molecule has 0 fully saturated rings. The van der Waals surface area contributed by atoms with Crippen LogP contribution in [0.15, 0.2) is 12.7 Å². The zero-order valence-electron chi connectivity index (χ0n) is 7.19. The molecule has 13 heavy (non-hydrogen) atoms. The molecular weight excluding hydrogens is 192 g/mol. The molecule has 0 N–H and O–H groups in total. The number of carbonyl (C=O) groups excluding carboxylic acids is 2. The summed E-state index contributed by atoms with van der Waals surface area (Å²) < 4.78 is 9.24. The number of rotatable bonds is 6. The molecule has 0 saturated carbocycles. The summed E-state index contributed by atoms with van der Waals surface area (Å²) in [5.41, 5.74) is 0. The van der Waals surface area contributed by atoms with Crippen LogP contribution >= 0.6 is 12.6 Å². The molecule has 0 spiro atoms. The first-order valence-electron chi connectivity index (χ1n) is 3.76. The third-order valence-corrected chi connectivity index (χ3v) is 1.30. The van der Waals surface area contributed by atoms with Crippen LogP contribution in [0, 0.1) is 0 Å². The standard InChI is InChI=1S/C8H12O4S/c1-2-7(9)11-4-5-12-8(10)3-6-13/h2,13H,1,3-6H2. The molecule has 4 nitrogen and oxygen atoms in total. The largest absolute Gasteiger partial charge is 0.462 e. The van der Waals surface area contributed by atoms with Crippen LogP contribution in [-0.2, 0) is 19.1 Å². The fourth-order valence-corrected chi connectivity index (χ4v) is 0.703. The quantitative estimate of drug-likeness (QED) is 0.297. The lowest BCUT2D eigenvalue weighted by Gasteiger charge is -2.03. The summed E-state index contributed by atoms with van der Waals surface area (Å²) in [6.07, 6.45) is 1.31. The maximum Gasteiger partial charge on any atom is 0.330 e. The fourth-order valence-electron chi connectivity index (χ4n) is 0.520. The smallest absolute Gasteiger partial charge is 0.330 e. The van der Waals surface area contributed by atoms with Gasteiger partial charge in [-0.25, -0.2) is 4.79 Å². The topological polar surface area (TPSA) is 52.6 Å². The van der Waals surface area contributed by atoms with E-state index in [-0.39, 0.29) is 25.6 Å². The number of ether oxygens (including phenoxy) is 2. The Morgan fingerprint density at radius 2 is 1.92 bits per heavy atom. The molecule has 0 radical (unpaired) electrons. The summed E-state index contributed by atoms with van der Waals surface area (Å²) in [6, 6.07) is 0. The van der Waals surface area contributed by atoms with Crippen LogP contribution in [0.4, 0.5) is 0 Å². The van der Waals surface area contributed by atoms with Gasteiger partial charge in [0.2, 0.25) is 0 Å². The van der Waals surface area contributed by atoms with E-state index in [0.717, 1.165) is 6.08 Å². The van der Waals surface area contributed by atoms with E-state index < -0.39 is 5.97 Å². The summed E-state index contributed by atoms with van der Waals surface area (Å²) in [4.78, 5) is 21.2. The molecule has 0 bridgehead atoms. The van der Waals surface area contributed by atoms with Crippen molar-refractivity contribution in [2.75, 3.05) is 19.0 Å². The highest BCUT2D eigenvalue weighted by Gasteiger charge is 2.01. The van der Waals surface area contributed by atoms with Crippen molar-refractivity contribution >= 4 is 24.6 Å². The summed E-state index contributed by atoms with van der Waals surface area (Å²) in [7, 11) is 0. The van der Waals surface area contributed by atoms with E-state index in [9.17, 15) is 9.59 Å². The number of thiol groups is 1. The van der Waals surface area contributed by atoms with Crippen molar-refractivity contribution in [1.82, 2.24) is 0 Å². The average molecular weight is 204 g/mol. The van der Waals surface area contributed by atoms with Crippen molar-refractivity contribution in [3.05, 3.63) is 12.7 Å². The predicted octanol–water partition coefficient (Wildman–Crippen LogP) is 0.579. The van der Waals surface area contributed by atoms with Gasteiger partial charge in [0, 0.05) is 11.8 Å². The molecule has 74 valence electrons. The molecular formula is C8H12O4S. The van der Waals surface area contributed by atoms with Crippen LogP contribution in [-0.4, -0.2) is 30.9 Å². The molecule has 0 aromatic heterocycles. The van der Waals surface area contributed by atoms with Gasteiger partial charge in [0.1, 0.15) is 13.2 Å². The summed E-state index contributed by atoms with van der Waals surface area (Å²) in [5.74, 6) is -0.416. The zero-order chi connectivity index (χ0) is 10.1. The molecule has 0 atom stereocenters. The molecule has 0 aromatic carbocycles. The highest BCUT2D eigenvalue weighted by Crippen LogP contribution is 1.89. The summed E-state index contributed by atoms with van der Waals surface area (Å²) >= 11 is 3.85. The van der Waals surface area contributed by atoms with E-state index in [2.05, 4.69) is 28.7 Å². The Morgan fingerprint density at radius 3 is 2.46 bits per heavy atom.